The van der Waals surface area contributed by atoms with E-state index in [1.54, 1.807) is 0 Å². The Kier molecular flexibility index (Phi) is 4.90. The molecule has 5 rings (SSSR count). The molecule has 0 bridgehead atoms. The highest BCUT2D eigenvalue weighted by molar-refractivity contribution is 6.62. The molecule has 0 spiro atoms. The topological polar surface area (TPSA) is 42.0 Å². The molecule has 3 fully saturated rings. The predicted octanol–water partition coefficient (Wildman–Crippen LogP) is 3.63. The Hall–Kier alpha value is -1.37. The number of fused-ring (bicyclic) bond motifs is 1. The van der Waals surface area contributed by atoms with Gasteiger partial charge in [-0.2, -0.15) is 0 Å². The molecule has 1 amide bonds. The highest BCUT2D eigenvalue weighted by atomic mass is 16.7. The van der Waals surface area contributed by atoms with Crippen LogP contribution in [0.4, 0.5) is 5.69 Å². The summed E-state index contributed by atoms with van der Waals surface area (Å²) in [6, 6.07) is 7.29. The van der Waals surface area contributed by atoms with Crippen LogP contribution in [-0.4, -0.2) is 54.3 Å². The Morgan fingerprint density at radius 1 is 0.903 bits per heavy atom. The molecule has 3 heterocycles. The fraction of sp³-hybridized carbons (Fsp3) is 0.720. The molecule has 1 aromatic rings. The van der Waals surface area contributed by atoms with Gasteiger partial charge >= 0.3 is 7.12 Å². The molecule has 5 nitrogen and oxygen atoms in total. The van der Waals surface area contributed by atoms with Crippen molar-refractivity contribution in [2.45, 2.75) is 102 Å². The smallest absolute Gasteiger partial charge is 0.399 e. The van der Waals surface area contributed by atoms with Crippen LogP contribution in [0.1, 0.15) is 79.2 Å². The number of hydrogen-bond donors (Lipinski definition) is 0. The number of hydrogen-bond acceptors (Lipinski definition) is 4. The van der Waals surface area contributed by atoms with E-state index in [0.717, 1.165) is 29.6 Å². The van der Waals surface area contributed by atoms with Crippen molar-refractivity contribution in [3.63, 3.8) is 0 Å². The van der Waals surface area contributed by atoms with E-state index in [-0.39, 0.29) is 17.1 Å². The van der Waals surface area contributed by atoms with Gasteiger partial charge in [-0.25, -0.2) is 0 Å². The number of likely N-dealkylation sites (tertiary alicyclic amines) is 1. The quantitative estimate of drug-likeness (QED) is 0.696. The van der Waals surface area contributed by atoms with Crippen molar-refractivity contribution in [1.82, 2.24) is 4.90 Å². The normalized spacial score (nSPS) is 31.6. The summed E-state index contributed by atoms with van der Waals surface area (Å²) in [7, 11) is -0.404. The molecule has 0 radical (unpaired) electrons. The summed E-state index contributed by atoms with van der Waals surface area (Å²) < 4.78 is 12.6. The lowest BCUT2D eigenvalue weighted by molar-refractivity contribution is -0.123. The first-order chi connectivity index (χ1) is 14.5. The number of anilines is 1. The van der Waals surface area contributed by atoms with Gasteiger partial charge in [0, 0.05) is 17.8 Å². The number of rotatable bonds is 3. The maximum Gasteiger partial charge on any atom is 0.494 e. The lowest BCUT2D eigenvalue weighted by Crippen LogP contribution is -2.57. The molecule has 0 aromatic heterocycles. The van der Waals surface area contributed by atoms with Crippen LogP contribution >= 0.6 is 0 Å². The highest BCUT2D eigenvalue weighted by Crippen LogP contribution is 2.46. The number of carbonyl (C=O) groups is 1. The number of amides is 1. The molecule has 0 atom stereocenters. The molecule has 3 aliphatic heterocycles. The minimum atomic E-state index is -0.486. The molecule has 1 saturated carbocycles. The van der Waals surface area contributed by atoms with Crippen LogP contribution in [0.15, 0.2) is 18.2 Å². The summed E-state index contributed by atoms with van der Waals surface area (Å²) in [5.41, 5.74) is 1.95. The fourth-order valence-electron chi connectivity index (χ4n) is 5.64. The number of benzene rings is 1. The molecular formula is C25H37BN2O3. The second-order valence-corrected chi connectivity index (χ2v) is 11.5. The predicted molar refractivity (Wildman–Crippen MR) is 125 cm³/mol. The monoisotopic (exact) mass is 424 g/mol. The third-order valence-electron chi connectivity index (χ3n) is 8.59. The minimum absolute atomic E-state index is 0.232. The van der Waals surface area contributed by atoms with Crippen LogP contribution in [-0.2, 0) is 19.5 Å². The second kappa shape index (κ2) is 7.07. The van der Waals surface area contributed by atoms with Gasteiger partial charge in [0.05, 0.1) is 16.6 Å². The van der Waals surface area contributed by atoms with Crippen LogP contribution < -0.4 is 10.4 Å². The van der Waals surface area contributed by atoms with Crippen LogP contribution in [0.25, 0.3) is 0 Å². The van der Waals surface area contributed by atoms with Gasteiger partial charge in [0.1, 0.15) is 0 Å². The Morgan fingerprint density at radius 2 is 1.52 bits per heavy atom. The van der Waals surface area contributed by atoms with Gasteiger partial charge in [0.25, 0.3) is 0 Å². The van der Waals surface area contributed by atoms with E-state index in [9.17, 15) is 4.79 Å². The summed E-state index contributed by atoms with van der Waals surface area (Å²) in [4.78, 5) is 18.2. The first-order valence-corrected chi connectivity index (χ1v) is 12.1. The van der Waals surface area contributed by atoms with Crippen LogP contribution in [0.3, 0.4) is 0 Å². The number of piperidine rings is 1. The largest absolute Gasteiger partial charge is 0.494 e. The van der Waals surface area contributed by atoms with Crippen molar-refractivity contribution in [3.05, 3.63) is 23.8 Å². The van der Waals surface area contributed by atoms with E-state index < -0.39 is 12.5 Å². The molecule has 31 heavy (non-hydrogen) atoms. The summed E-state index contributed by atoms with van der Waals surface area (Å²) in [5, 5.41) is 0. The van der Waals surface area contributed by atoms with E-state index in [4.69, 9.17) is 9.31 Å². The van der Waals surface area contributed by atoms with Crippen LogP contribution in [0.5, 0.6) is 0 Å². The zero-order valence-corrected chi connectivity index (χ0v) is 20.0. The Labute approximate surface area is 187 Å². The third kappa shape index (κ3) is 3.29. The SMILES string of the molecule is CC1(C)C(=O)N(C2CC(N3CCCCC3)C2)c2cc(B3OC(C)(C)C(C)(C)O3)ccc21. The van der Waals surface area contributed by atoms with Crippen molar-refractivity contribution in [3.8, 4) is 0 Å². The Morgan fingerprint density at radius 3 is 2.13 bits per heavy atom. The summed E-state index contributed by atoms with van der Waals surface area (Å²) in [6.45, 7) is 14.9. The van der Waals surface area contributed by atoms with Crippen molar-refractivity contribution < 1.29 is 14.1 Å². The average molecular weight is 424 g/mol. The van der Waals surface area contributed by atoms with Gasteiger partial charge in [-0.05, 0) is 97.4 Å². The minimum Gasteiger partial charge on any atom is -0.399 e. The zero-order valence-electron chi connectivity index (χ0n) is 20.0. The lowest BCUT2D eigenvalue weighted by Gasteiger charge is -2.48. The maximum atomic E-state index is 13.5. The second-order valence-electron chi connectivity index (χ2n) is 11.5. The highest BCUT2D eigenvalue weighted by Gasteiger charge is 2.53. The molecule has 2 saturated heterocycles. The van der Waals surface area contributed by atoms with E-state index in [1.165, 1.54) is 32.4 Å². The molecule has 1 aliphatic carbocycles. The van der Waals surface area contributed by atoms with E-state index in [2.05, 4.69) is 69.5 Å². The molecule has 0 N–H and O–H groups in total. The third-order valence-corrected chi connectivity index (χ3v) is 8.59. The number of nitrogens with zero attached hydrogens (tertiary/aromatic N) is 2. The van der Waals surface area contributed by atoms with Crippen molar-refractivity contribution in [2.24, 2.45) is 0 Å². The van der Waals surface area contributed by atoms with E-state index >= 15 is 0 Å². The zero-order chi connectivity index (χ0) is 22.2. The molecule has 0 unspecified atom stereocenters. The van der Waals surface area contributed by atoms with Gasteiger partial charge < -0.3 is 19.1 Å². The Balaban J connectivity index is 1.40. The van der Waals surface area contributed by atoms with Gasteiger partial charge in [-0.3, -0.25) is 4.79 Å². The molecule has 6 heteroatoms. The fourth-order valence-corrected chi connectivity index (χ4v) is 5.64. The first-order valence-electron chi connectivity index (χ1n) is 12.1. The van der Waals surface area contributed by atoms with Gasteiger partial charge in [-0.1, -0.05) is 18.6 Å². The summed E-state index contributed by atoms with van der Waals surface area (Å²) in [5.74, 6) is 0.232. The molecular weight excluding hydrogens is 387 g/mol. The van der Waals surface area contributed by atoms with Gasteiger partial charge in [0.15, 0.2) is 0 Å². The average Bonchev–Trinajstić information content (AvgIpc) is 3.02. The van der Waals surface area contributed by atoms with Gasteiger partial charge in [-0.15, -0.1) is 0 Å². The van der Waals surface area contributed by atoms with Crippen LogP contribution in [0.2, 0.25) is 0 Å². The molecule has 4 aliphatic rings. The van der Waals surface area contributed by atoms with Gasteiger partial charge in [0.2, 0.25) is 5.91 Å². The van der Waals surface area contributed by atoms with Crippen molar-refractivity contribution >= 4 is 24.2 Å². The standard InChI is InChI=1S/C25H37BN2O3/c1-23(2)20-11-10-17(26-30-24(3,4)25(5,6)31-26)14-21(20)28(22(23)29)19-15-18(16-19)27-12-8-7-9-13-27/h10-11,14,18-19H,7-9,12-13,15-16H2,1-6H3. The Bertz CT molecular complexity index is 869. The first kappa shape index (κ1) is 21.5. The van der Waals surface area contributed by atoms with Crippen molar-refractivity contribution in [2.75, 3.05) is 18.0 Å². The summed E-state index contributed by atoms with van der Waals surface area (Å²) in [6.07, 6.45) is 6.17. The van der Waals surface area contributed by atoms with E-state index in [0.29, 0.717) is 12.1 Å². The van der Waals surface area contributed by atoms with Crippen LogP contribution in [0, 0.1) is 0 Å². The molecule has 168 valence electrons. The van der Waals surface area contributed by atoms with E-state index in [1.807, 2.05) is 0 Å². The lowest BCUT2D eigenvalue weighted by atomic mass is 9.76. The maximum absolute atomic E-state index is 13.5. The molecule has 1 aromatic carbocycles. The van der Waals surface area contributed by atoms with Crippen molar-refractivity contribution in [1.29, 1.82) is 0 Å². The summed E-state index contributed by atoms with van der Waals surface area (Å²) >= 11 is 0. The number of carbonyl (C=O) groups excluding carboxylic acids is 1.